The summed E-state index contributed by atoms with van der Waals surface area (Å²) >= 11 is 1.77. The van der Waals surface area contributed by atoms with Crippen LogP contribution in [0, 0.1) is 6.92 Å². The number of aryl methyl sites for hydroxylation is 2. The Labute approximate surface area is 134 Å². The summed E-state index contributed by atoms with van der Waals surface area (Å²) in [5.74, 6) is 0.284. The van der Waals surface area contributed by atoms with E-state index < -0.39 is 0 Å². The fourth-order valence-electron chi connectivity index (χ4n) is 3.21. The Bertz CT molecular complexity index is 586. The highest BCUT2D eigenvalue weighted by atomic mass is 32.1. The van der Waals surface area contributed by atoms with Crippen molar-refractivity contribution in [3.8, 4) is 0 Å². The van der Waals surface area contributed by atoms with Gasteiger partial charge < -0.3 is 15.5 Å². The molecule has 1 saturated heterocycles. The maximum absolute atomic E-state index is 12.0. The van der Waals surface area contributed by atoms with Crippen molar-refractivity contribution in [2.24, 2.45) is 0 Å². The van der Waals surface area contributed by atoms with E-state index >= 15 is 0 Å². The van der Waals surface area contributed by atoms with Crippen LogP contribution in [-0.4, -0.2) is 48.0 Å². The minimum absolute atomic E-state index is 0.00905. The lowest BCUT2D eigenvalue weighted by atomic mass is 9.91. The third kappa shape index (κ3) is 3.09. The van der Waals surface area contributed by atoms with Crippen LogP contribution in [0.2, 0.25) is 0 Å². The van der Waals surface area contributed by atoms with Crippen LogP contribution in [0.1, 0.15) is 40.8 Å². The number of thiazole rings is 1. The van der Waals surface area contributed by atoms with Crippen molar-refractivity contribution in [1.82, 2.24) is 20.5 Å². The molecule has 0 aromatic carbocycles. The number of aromatic nitrogens is 1. The molecule has 1 fully saturated rings. The van der Waals surface area contributed by atoms with Gasteiger partial charge in [0.25, 0.3) is 0 Å². The van der Waals surface area contributed by atoms with Gasteiger partial charge in [-0.2, -0.15) is 0 Å². The van der Waals surface area contributed by atoms with Gasteiger partial charge in [0.15, 0.2) is 0 Å². The molecule has 3 amide bonds. The molecule has 2 heterocycles. The number of nitrogens with one attached hydrogen (secondary N) is 2. The standard InChI is InChI=1S/C15H22N4O2S/c1-9-17-13-10(4-3-5-12(13)22-9)8-16-15(21)18-11-6-7-19(2)14(11)20/h10-11H,3-8H2,1-2H3,(H2,16,18,21)/t10-,11+/m1/s1. The van der Waals surface area contributed by atoms with Gasteiger partial charge in [-0.25, -0.2) is 9.78 Å². The molecule has 2 atom stereocenters. The number of carbonyl (C=O) groups excluding carboxylic acids is 2. The fourth-order valence-corrected chi connectivity index (χ4v) is 4.27. The number of rotatable bonds is 3. The highest BCUT2D eigenvalue weighted by Crippen LogP contribution is 2.34. The Hall–Kier alpha value is -1.63. The average molecular weight is 322 g/mol. The third-order valence-electron chi connectivity index (χ3n) is 4.42. The molecule has 2 N–H and O–H groups in total. The molecule has 120 valence electrons. The van der Waals surface area contributed by atoms with Gasteiger partial charge in [-0.3, -0.25) is 4.79 Å². The summed E-state index contributed by atoms with van der Waals surface area (Å²) in [6.07, 6.45) is 3.99. The van der Waals surface area contributed by atoms with E-state index in [0.717, 1.165) is 30.0 Å². The maximum atomic E-state index is 12.0. The Morgan fingerprint density at radius 2 is 2.27 bits per heavy atom. The number of hydrogen-bond donors (Lipinski definition) is 2. The van der Waals surface area contributed by atoms with Gasteiger partial charge in [0.05, 0.1) is 10.7 Å². The predicted octanol–water partition coefficient (Wildman–Crippen LogP) is 1.40. The second-order valence-corrected chi connectivity index (χ2v) is 7.37. The molecular weight excluding hydrogens is 300 g/mol. The number of urea groups is 1. The van der Waals surface area contributed by atoms with Crippen LogP contribution >= 0.6 is 11.3 Å². The lowest BCUT2D eigenvalue weighted by Gasteiger charge is -2.22. The van der Waals surface area contributed by atoms with Crippen LogP contribution in [0.4, 0.5) is 4.79 Å². The van der Waals surface area contributed by atoms with E-state index in [-0.39, 0.29) is 18.0 Å². The van der Waals surface area contributed by atoms with Crippen molar-refractivity contribution in [1.29, 1.82) is 0 Å². The molecular formula is C15H22N4O2S. The second-order valence-electron chi connectivity index (χ2n) is 6.09. The number of carbonyl (C=O) groups is 2. The third-order valence-corrected chi connectivity index (χ3v) is 5.47. The van der Waals surface area contributed by atoms with Crippen LogP contribution in [0.5, 0.6) is 0 Å². The highest BCUT2D eigenvalue weighted by Gasteiger charge is 2.30. The number of nitrogens with zero attached hydrogens (tertiary/aromatic N) is 2. The van der Waals surface area contributed by atoms with Crippen molar-refractivity contribution in [2.45, 2.75) is 44.6 Å². The lowest BCUT2D eigenvalue weighted by Crippen LogP contribution is -2.46. The van der Waals surface area contributed by atoms with Gasteiger partial charge in [-0.05, 0) is 32.6 Å². The van der Waals surface area contributed by atoms with E-state index in [1.807, 2.05) is 6.92 Å². The molecule has 2 aliphatic rings. The molecule has 1 aromatic rings. The maximum Gasteiger partial charge on any atom is 0.315 e. The quantitative estimate of drug-likeness (QED) is 0.883. The van der Waals surface area contributed by atoms with Crippen LogP contribution in [0.3, 0.4) is 0 Å². The number of fused-ring (bicyclic) bond motifs is 1. The molecule has 0 spiro atoms. The number of hydrogen-bond acceptors (Lipinski definition) is 4. The minimum atomic E-state index is -0.381. The number of likely N-dealkylation sites (N-methyl/N-ethyl adjacent to an activating group) is 1. The molecule has 0 radical (unpaired) electrons. The predicted molar refractivity (Wildman–Crippen MR) is 85.1 cm³/mol. The van der Waals surface area contributed by atoms with Crippen molar-refractivity contribution >= 4 is 23.3 Å². The van der Waals surface area contributed by atoms with E-state index in [2.05, 4.69) is 15.6 Å². The molecule has 1 aromatic heterocycles. The molecule has 7 heteroatoms. The average Bonchev–Trinajstić information content (AvgIpc) is 3.01. The van der Waals surface area contributed by atoms with Gasteiger partial charge in [-0.15, -0.1) is 11.3 Å². The zero-order chi connectivity index (χ0) is 15.7. The smallest absolute Gasteiger partial charge is 0.315 e. The molecule has 3 rings (SSSR count). The van der Waals surface area contributed by atoms with Crippen LogP contribution in [0.25, 0.3) is 0 Å². The highest BCUT2D eigenvalue weighted by molar-refractivity contribution is 7.11. The van der Waals surface area contributed by atoms with E-state index in [1.165, 1.54) is 4.88 Å². The Morgan fingerprint density at radius 3 is 3.00 bits per heavy atom. The summed E-state index contributed by atoms with van der Waals surface area (Å²) in [5, 5.41) is 6.78. The van der Waals surface area contributed by atoms with Crippen molar-refractivity contribution < 1.29 is 9.59 Å². The van der Waals surface area contributed by atoms with Gasteiger partial charge in [0.2, 0.25) is 5.91 Å². The fraction of sp³-hybridized carbons (Fsp3) is 0.667. The first-order valence-corrected chi connectivity index (χ1v) is 8.62. The second kappa shape index (κ2) is 6.24. The van der Waals surface area contributed by atoms with E-state index in [0.29, 0.717) is 25.4 Å². The zero-order valence-corrected chi connectivity index (χ0v) is 13.8. The molecule has 0 unspecified atom stereocenters. The van der Waals surface area contributed by atoms with E-state index in [9.17, 15) is 9.59 Å². The van der Waals surface area contributed by atoms with Crippen LogP contribution in [0.15, 0.2) is 0 Å². The molecule has 22 heavy (non-hydrogen) atoms. The molecule has 1 aliphatic carbocycles. The van der Waals surface area contributed by atoms with Gasteiger partial charge in [0, 0.05) is 30.9 Å². The van der Waals surface area contributed by atoms with Crippen molar-refractivity contribution in [2.75, 3.05) is 20.1 Å². The first-order chi connectivity index (χ1) is 10.5. The first-order valence-electron chi connectivity index (χ1n) is 7.80. The van der Waals surface area contributed by atoms with Gasteiger partial charge >= 0.3 is 6.03 Å². The summed E-state index contributed by atoms with van der Waals surface area (Å²) < 4.78 is 0. The first kappa shape index (κ1) is 15.3. The van der Waals surface area contributed by atoms with E-state index in [1.54, 1.807) is 23.3 Å². The van der Waals surface area contributed by atoms with Crippen molar-refractivity contribution in [3.05, 3.63) is 15.6 Å². The Balaban J connectivity index is 1.53. The molecule has 1 aliphatic heterocycles. The normalized spacial score (nSPS) is 24.3. The summed E-state index contributed by atoms with van der Waals surface area (Å²) in [6, 6.07) is -0.638. The zero-order valence-electron chi connectivity index (χ0n) is 13.0. The number of amides is 3. The summed E-state index contributed by atoms with van der Waals surface area (Å²) in [4.78, 5) is 31.4. The number of likely N-dealkylation sites (tertiary alicyclic amines) is 1. The van der Waals surface area contributed by atoms with Crippen LogP contribution in [-0.2, 0) is 11.2 Å². The largest absolute Gasteiger partial charge is 0.344 e. The minimum Gasteiger partial charge on any atom is -0.344 e. The van der Waals surface area contributed by atoms with Gasteiger partial charge in [-0.1, -0.05) is 0 Å². The van der Waals surface area contributed by atoms with Crippen molar-refractivity contribution in [3.63, 3.8) is 0 Å². The Morgan fingerprint density at radius 1 is 1.45 bits per heavy atom. The van der Waals surface area contributed by atoms with Crippen LogP contribution < -0.4 is 10.6 Å². The SMILES string of the molecule is Cc1nc2c(s1)CCC[C@@H]2CNC(=O)N[C@H]1CCN(C)C1=O. The Kier molecular flexibility index (Phi) is 4.33. The summed E-state index contributed by atoms with van der Waals surface area (Å²) in [7, 11) is 1.76. The van der Waals surface area contributed by atoms with E-state index in [4.69, 9.17) is 0 Å². The molecule has 0 bridgehead atoms. The molecule has 6 nitrogen and oxygen atoms in total. The summed E-state index contributed by atoms with van der Waals surface area (Å²) in [5.41, 5.74) is 1.16. The summed E-state index contributed by atoms with van der Waals surface area (Å²) in [6.45, 7) is 3.31. The monoisotopic (exact) mass is 322 g/mol. The molecule has 0 saturated carbocycles. The topological polar surface area (TPSA) is 74.3 Å². The lowest BCUT2D eigenvalue weighted by molar-refractivity contribution is -0.128. The van der Waals surface area contributed by atoms with Gasteiger partial charge in [0.1, 0.15) is 6.04 Å².